The zero-order chi connectivity index (χ0) is 15.9. The van der Waals surface area contributed by atoms with Crippen molar-refractivity contribution in [1.82, 2.24) is 14.8 Å². The highest BCUT2D eigenvalue weighted by molar-refractivity contribution is 5.73. The lowest BCUT2D eigenvalue weighted by Gasteiger charge is -2.06. The molecular formula is C16H22N4O2. The minimum atomic E-state index is -0.864. The van der Waals surface area contributed by atoms with Crippen LogP contribution in [0.2, 0.25) is 0 Å². The van der Waals surface area contributed by atoms with Crippen LogP contribution in [0.25, 0.3) is 0 Å². The zero-order valence-electron chi connectivity index (χ0n) is 12.8. The molecule has 1 unspecified atom stereocenters. The summed E-state index contributed by atoms with van der Waals surface area (Å²) >= 11 is 0. The van der Waals surface area contributed by atoms with Gasteiger partial charge >= 0.3 is 0 Å². The van der Waals surface area contributed by atoms with Gasteiger partial charge in [0.2, 0.25) is 5.91 Å². The van der Waals surface area contributed by atoms with Crippen molar-refractivity contribution in [3.63, 3.8) is 0 Å². The number of nitrogens with two attached hydrogens (primary N) is 1. The monoisotopic (exact) mass is 302 g/mol. The number of hydrogen-bond acceptors (Lipinski definition) is 4. The van der Waals surface area contributed by atoms with Crippen molar-refractivity contribution >= 4 is 5.91 Å². The Kier molecular flexibility index (Phi) is 5.66. The number of aliphatic hydroxyl groups excluding tert-OH is 1. The summed E-state index contributed by atoms with van der Waals surface area (Å²) in [6.07, 6.45) is 1.80. The number of nitrogens with zero attached hydrogens (tertiary/aromatic N) is 3. The molecule has 1 aromatic carbocycles. The van der Waals surface area contributed by atoms with Crippen molar-refractivity contribution in [3.8, 4) is 0 Å². The third kappa shape index (κ3) is 4.14. The van der Waals surface area contributed by atoms with Crippen LogP contribution in [0.15, 0.2) is 30.3 Å². The maximum Gasteiger partial charge on any atom is 0.217 e. The normalized spacial score (nSPS) is 12.3. The molecule has 1 heterocycles. The molecular weight excluding hydrogens is 280 g/mol. The molecule has 0 fully saturated rings. The SMILES string of the molecule is CCCCn1nc(C(O)c2ccccc2)nc1CCC(N)=O. The number of rotatable bonds is 8. The summed E-state index contributed by atoms with van der Waals surface area (Å²) < 4.78 is 1.77. The second-order valence-electron chi connectivity index (χ2n) is 5.24. The molecule has 0 saturated heterocycles. The predicted molar refractivity (Wildman–Crippen MR) is 82.9 cm³/mol. The van der Waals surface area contributed by atoms with Crippen LogP contribution in [0.1, 0.15) is 49.5 Å². The number of primary amides is 1. The molecule has 0 spiro atoms. The molecule has 6 heteroatoms. The first-order valence-electron chi connectivity index (χ1n) is 7.56. The van der Waals surface area contributed by atoms with Gasteiger partial charge in [-0.05, 0) is 12.0 Å². The van der Waals surface area contributed by atoms with Crippen molar-refractivity contribution < 1.29 is 9.90 Å². The zero-order valence-corrected chi connectivity index (χ0v) is 12.8. The molecule has 0 bridgehead atoms. The Morgan fingerprint density at radius 2 is 2.09 bits per heavy atom. The van der Waals surface area contributed by atoms with Gasteiger partial charge in [0, 0.05) is 19.4 Å². The number of unbranched alkanes of at least 4 members (excludes halogenated alkanes) is 1. The summed E-state index contributed by atoms with van der Waals surface area (Å²) in [5.41, 5.74) is 5.95. The van der Waals surface area contributed by atoms with Crippen LogP contribution in [0.5, 0.6) is 0 Å². The number of aryl methyl sites for hydroxylation is 2. The highest BCUT2D eigenvalue weighted by Gasteiger charge is 2.18. The van der Waals surface area contributed by atoms with E-state index >= 15 is 0 Å². The predicted octanol–water partition coefficient (Wildman–Crippen LogP) is 1.58. The maximum atomic E-state index is 11.0. The van der Waals surface area contributed by atoms with E-state index in [-0.39, 0.29) is 12.3 Å². The van der Waals surface area contributed by atoms with Gasteiger partial charge in [0.25, 0.3) is 0 Å². The van der Waals surface area contributed by atoms with Gasteiger partial charge in [0.15, 0.2) is 5.82 Å². The van der Waals surface area contributed by atoms with Crippen LogP contribution in [0, 0.1) is 0 Å². The van der Waals surface area contributed by atoms with E-state index < -0.39 is 6.10 Å². The van der Waals surface area contributed by atoms with Crippen molar-refractivity contribution in [2.24, 2.45) is 5.73 Å². The average molecular weight is 302 g/mol. The van der Waals surface area contributed by atoms with E-state index in [1.807, 2.05) is 30.3 Å². The van der Waals surface area contributed by atoms with Gasteiger partial charge in [-0.1, -0.05) is 43.7 Å². The first kappa shape index (κ1) is 16.2. The van der Waals surface area contributed by atoms with E-state index in [4.69, 9.17) is 5.73 Å². The van der Waals surface area contributed by atoms with Gasteiger partial charge in [-0.15, -0.1) is 0 Å². The second kappa shape index (κ2) is 7.70. The van der Waals surface area contributed by atoms with Crippen LogP contribution in [-0.4, -0.2) is 25.8 Å². The van der Waals surface area contributed by atoms with E-state index in [0.29, 0.717) is 18.1 Å². The van der Waals surface area contributed by atoms with E-state index in [1.54, 1.807) is 4.68 Å². The molecule has 1 atom stereocenters. The second-order valence-corrected chi connectivity index (χ2v) is 5.24. The number of benzene rings is 1. The van der Waals surface area contributed by atoms with E-state index in [0.717, 1.165) is 24.9 Å². The molecule has 0 saturated carbocycles. The number of aromatic nitrogens is 3. The average Bonchev–Trinajstić information content (AvgIpc) is 2.94. The molecule has 0 aliphatic carbocycles. The Labute approximate surface area is 130 Å². The molecule has 3 N–H and O–H groups in total. The van der Waals surface area contributed by atoms with Crippen molar-refractivity contribution in [3.05, 3.63) is 47.5 Å². The van der Waals surface area contributed by atoms with Crippen LogP contribution in [-0.2, 0) is 17.8 Å². The molecule has 0 aliphatic heterocycles. The van der Waals surface area contributed by atoms with Crippen LogP contribution >= 0.6 is 0 Å². The number of carbonyl (C=O) groups is 1. The number of hydrogen-bond donors (Lipinski definition) is 2. The van der Waals surface area contributed by atoms with Gasteiger partial charge in [0.1, 0.15) is 11.9 Å². The number of aliphatic hydroxyl groups is 1. The molecule has 0 aliphatic rings. The molecule has 1 amide bonds. The highest BCUT2D eigenvalue weighted by Crippen LogP contribution is 2.19. The van der Waals surface area contributed by atoms with Crippen molar-refractivity contribution in [2.75, 3.05) is 0 Å². The quantitative estimate of drug-likeness (QED) is 0.774. The Morgan fingerprint density at radius 1 is 1.36 bits per heavy atom. The Morgan fingerprint density at radius 3 is 2.73 bits per heavy atom. The smallest absolute Gasteiger partial charge is 0.217 e. The van der Waals surface area contributed by atoms with Crippen molar-refractivity contribution in [1.29, 1.82) is 0 Å². The topological polar surface area (TPSA) is 94.0 Å². The van der Waals surface area contributed by atoms with Crippen LogP contribution in [0.3, 0.4) is 0 Å². The minimum Gasteiger partial charge on any atom is -0.380 e. The Balaban J connectivity index is 2.22. The highest BCUT2D eigenvalue weighted by atomic mass is 16.3. The largest absolute Gasteiger partial charge is 0.380 e. The summed E-state index contributed by atoms with van der Waals surface area (Å²) in [6, 6.07) is 9.28. The molecule has 6 nitrogen and oxygen atoms in total. The van der Waals surface area contributed by atoms with Gasteiger partial charge in [-0.2, -0.15) is 5.10 Å². The van der Waals surface area contributed by atoms with Gasteiger partial charge in [-0.25, -0.2) is 9.67 Å². The lowest BCUT2D eigenvalue weighted by Crippen LogP contribution is -2.14. The summed E-state index contributed by atoms with van der Waals surface area (Å²) in [5, 5.41) is 14.8. The van der Waals surface area contributed by atoms with Gasteiger partial charge in [-0.3, -0.25) is 4.79 Å². The lowest BCUT2D eigenvalue weighted by atomic mass is 10.1. The first-order valence-corrected chi connectivity index (χ1v) is 7.56. The fourth-order valence-electron chi connectivity index (χ4n) is 2.20. The molecule has 118 valence electrons. The van der Waals surface area contributed by atoms with Crippen molar-refractivity contribution in [2.45, 2.75) is 45.3 Å². The van der Waals surface area contributed by atoms with E-state index in [9.17, 15) is 9.90 Å². The fraction of sp³-hybridized carbons (Fsp3) is 0.438. The molecule has 1 aromatic heterocycles. The third-order valence-corrected chi connectivity index (χ3v) is 3.44. The molecule has 0 radical (unpaired) electrons. The summed E-state index contributed by atoms with van der Waals surface area (Å²) in [5.74, 6) is 0.689. The fourth-order valence-corrected chi connectivity index (χ4v) is 2.20. The van der Waals surface area contributed by atoms with Crippen LogP contribution in [0.4, 0.5) is 0 Å². The molecule has 2 rings (SSSR count). The minimum absolute atomic E-state index is 0.228. The third-order valence-electron chi connectivity index (χ3n) is 3.44. The Hall–Kier alpha value is -2.21. The molecule has 2 aromatic rings. The lowest BCUT2D eigenvalue weighted by molar-refractivity contribution is -0.118. The van der Waals surface area contributed by atoms with E-state index in [1.165, 1.54) is 0 Å². The Bertz CT molecular complexity index is 610. The van der Waals surface area contributed by atoms with E-state index in [2.05, 4.69) is 17.0 Å². The molecule has 22 heavy (non-hydrogen) atoms. The number of amides is 1. The summed E-state index contributed by atoms with van der Waals surface area (Å²) in [7, 11) is 0. The van der Waals surface area contributed by atoms with Gasteiger partial charge < -0.3 is 10.8 Å². The maximum absolute atomic E-state index is 11.0. The van der Waals surface area contributed by atoms with Gasteiger partial charge in [0.05, 0.1) is 0 Å². The van der Waals surface area contributed by atoms with Crippen LogP contribution < -0.4 is 5.73 Å². The first-order chi connectivity index (χ1) is 10.6. The standard InChI is InChI=1S/C16H22N4O2/c1-2-3-11-20-14(10-9-13(17)21)18-16(19-20)15(22)12-7-5-4-6-8-12/h4-8,15,22H,2-3,9-11H2,1H3,(H2,17,21). The summed E-state index contributed by atoms with van der Waals surface area (Å²) in [6.45, 7) is 2.82. The number of carbonyl (C=O) groups excluding carboxylic acids is 1. The summed E-state index contributed by atoms with van der Waals surface area (Å²) in [4.78, 5) is 15.4.